The van der Waals surface area contributed by atoms with Gasteiger partial charge in [-0.15, -0.1) is 0 Å². The van der Waals surface area contributed by atoms with Gasteiger partial charge in [0.15, 0.2) is 0 Å². The Hall–Kier alpha value is -4.91. The van der Waals surface area contributed by atoms with Gasteiger partial charge in [-0.1, -0.05) is 42.5 Å². The number of hydrogen-bond donors (Lipinski definition) is 0. The fraction of sp³-hybridized carbons (Fsp3) is 0.270. The van der Waals surface area contributed by atoms with Crippen LogP contribution in [-0.2, 0) is 9.53 Å². The summed E-state index contributed by atoms with van der Waals surface area (Å²) in [6.07, 6.45) is 6.66. The molecule has 0 aliphatic heterocycles. The second-order valence-corrected chi connectivity index (χ2v) is 9.88. The van der Waals surface area contributed by atoms with Gasteiger partial charge in [-0.2, -0.15) is 0 Å². The second kappa shape index (κ2) is 20.1. The second-order valence-electron chi connectivity index (χ2n) is 9.88. The van der Waals surface area contributed by atoms with Gasteiger partial charge in [-0.3, -0.25) is 9.59 Å². The van der Waals surface area contributed by atoms with Crippen molar-refractivity contribution in [2.45, 2.75) is 39.5 Å². The van der Waals surface area contributed by atoms with Gasteiger partial charge in [-0.25, -0.2) is 4.79 Å². The Morgan fingerprint density at radius 2 is 1.30 bits per heavy atom. The molecule has 232 valence electrons. The summed E-state index contributed by atoms with van der Waals surface area (Å²) in [7, 11) is 3.33. The van der Waals surface area contributed by atoms with Crippen molar-refractivity contribution in [3.8, 4) is 17.2 Å². The maximum absolute atomic E-state index is 10.8. The van der Waals surface area contributed by atoms with Crippen LogP contribution in [0.5, 0.6) is 17.2 Å². The number of carbonyl (C=O) groups excluding carboxylic acids is 3. The standard InChI is InChI=1S/C16H20O4.C12H10O2.C9H12O/c1-2-16(18)20-12-6-4-3-5-11-19-15-9-7-14(13-17)8-10-15;1-14-12-5-4-10-6-9(8-13)2-3-11(10)7-12;1-7-4-5-9(10-3)8(2)6-7/h2,7-10,13H,1,3-6,11-12H2;2-8H,1H3;4-6H,1-3H3. The first kappa shape index (κ1) is 35.3. The van der Waals surface area contributed by atoms with E-state index in [1.807, 2.05) is 49.4 Å². The van der Waals surface area contributed by atoms with Crippen molar-refractivity contribution >= 4 is 29.3 Å². The number of methoxy groups -OCH3 is 2. The summed E-state index contributed by atoms with van der Waals surface area (Å²) in [4.78, 5) is 31.8. The number of benzene rings is 4. The number of unbranched alkanes of at least 4 members (excludes halogenated alkanes) is 3. The molecule has 0 unspecified atom stereocenters. The summed E-state index contributed by atoms with van der Waals surface area (Å²) in [5.41, 5.74) is 3.81. The van der Waals surface area contributed by atoms with Crippen LogP contribution in [0.1, 0.15) is 57.5 Å². The molecule has 4 aromatic carbocycles. The van der Waals surface area contributed by atoms with E-state index in [4.69, 9.17) is 18.9 Å². The van der Waals surface area contributed by atoms with Crippen LogP contribution in [0.25, 0.3) is 10.8 Å². The van der Waals surface area contributed by atoms with Gasteiger partial charge in [0, 0.05) is 17.2 Å². The smallest absolute Gasteiger partial charge is 0.330 e. The maximum Gasteiger partial charge on any atom is 0.330 e. The molecule has 0 amide bonds. The molecule has 0 aliphatic carbocycles. The van der Waals surface area contributed by atoms with Gasteiger partial charge in [0.05, 0.1) is 27.4 Å². The summed E-state index contributed by atoms with van der Waals surface area (Å²) in [6, 6.07) is 24.6. The van der Waals surface area contributed by atoms with Crippen LogP contribution >= 0.6 is 0 Å². The minimum Gasteiger partial charge on any atom is -0.497 e. The largest absolute Gasteiger partial charge is 0.497 e. The van der Waals surface area contributed by atoms with Gasteiger partial charge in [-0.05, 0) is 104 Å². The quantitative estimate of drug-likeness (QED) is 0.0664. The van der Waals surface area contributed by atoms with E-state index in [0.29, 0.717) is 24.3 Å². The molecule has 4 rings (SSSR count). The third-order valence-electron chi connectivity index (χ3n) is 6.49. The van der Waals surface area contributed by atoms with E-state index in [1.165, 1.54) is 17.2 Å². The maximum atomic E-state index is 10.8. The van der Waals surface area contributed by atoms with E-state index in [1.54, 1.807) is 44.6 Å². The van der Waals surface area contributed by atoms with E-state index in [-0.39, 0.29) is 5.97 Å². The zero-order valence-corrected chi connectivity index (χ0v) is 26.0. The average Bonchev–Trinajstić information content (AvgIpc) is 3.06. The van der Waals surface area contributed by atoms with Crippen molar-refractivity contribution < 1.29 is 33.3 Å². The van der Waals surface area contributed by atoms with Crippen molar-refractivity contribution in [2.24, 2.45) is 0 Å². The fourth-order valence-corrected chi connectivity index (χ4v) is 4.09. The molecular weight excluding hydrogens is 556 g/mol. The topological polar surface area (TPSA) is 88.1 Å². The lowest BCUT2D eigenvalue weighted by atomic mass is 10.1. The number of aryl methyl sites for hydroxylation is 2. The summed E-state index contributed by atoms with van der Waals surface area (Å²) < 4.78 is 20.6. The SMILES string of the molecule is C=CC(=O)OCCCCCCOc1ccc(C=O)cc1.COc1ccc(C)cc1C.COc1ccc2cc(C=O)ccc2c1. The molecule has 7 nitrogen and oxygen atoms in total. The fourth-order valence-electron chi connectivity index (χ4n) is 4.09. The van der Waals surface area contributed by atoms with Crippen LogP contribution in [0.4, 0.5) is 0 Å². The third kappa shape index (κ3) is 12.9. The number of hydrogen-bond acceptors (Lipinski definition) is 7. The number of ether oxygens (including phenoxy) is 4. The van der Waals surface area contributed by atoms with Gasteiger partial charge in [0.25, 0.3) is 0 Å². The van der Waals surface area contributed by atoms with Crippen molar-refractivity contribution in [2.75, 3.05) is 27.4 Å². The van der Waals surface area contributed by atoms with Crippen molar-refractivity contribution in [3.05, 3.63) is 114 Å². The van der Waals surface area contributed by atoms with E-state index < -0.39 is 0 Å². The molecule has 0 saturated heterocycles. The normalized spacial score (nSPS) is 9.82. The molecule has 0 fully saturated rings. The van der Waals surface area contributed by atoms with E-state index in [2.05, 4.69) is 19.6 Å². The minimum absolute atomic E-state index is 0.368. The van der Waals surface area contributed by atoms with E-state index in [9.17, 15) is 14.4 Å². The Kier molecular flexibility index (Phi) is 16.1. The molecule has 0 atom stereocenters. The molecule has 0 aliphatic rings. The minimum atomic E-state index is -0.368. The Labute approximate surface area is 260 Å². The Morgan fingerprint density at radius 1 is 0.682 bits per heavy atom. The first-order chi connectivity index (χ1) is 21.3. The van der Waals surface area contributed by atoms with Crippen LogP contribution in [-0.4, -0.2) is 46.0 Å². The average molecular weight is 599 g/mol. The molecule has 0 N–H and O–H groups in total. The number of esters is 1. The highest BCUT2D eigenvalue weighted by Gasteiger charge is 1.99. The predicted molar refractivity (Wildman–Crippen MR) is 175 cm³/mol. The molecule has 0 bridgehead atoms. The highest BCUT2D eigenvalue weighted by Crippen LogP contribution is 2.21. The highest BCUT2D eigenvalue weighted by atomic mass is 16.5. The number of fused-ring (bicyclic) bond motifs is 1. The summed E-state index contributed by atoms with van der Waals surface area (Å²) in [5.74, 6) is 2.20. The van der Waals surface area contributed by atoms with Gasteiger partial charge in [0.1, 0.15) is 29.8 Å². The predicted octanol–water partition coefficient (Wildman–Crippen LogP) is 8.14. The first-order valence-electron chi connectivity index (χ1n) is 14.4. The Bertz CT molecular complexity index is 1480. The van der Waals surface area contributed by atoms with E-state index >= 15 is 0 Å². The molecule has 44 heavy (non-hydrogen) atoms. The third-order valence-corrected chi connectivity index (χ3v) is 6.49. The monoisotopic (exact) mass is 598 g/mol. The van der Waals surface area contributed by atoms with Crippen molar-refractivity contribution in [1.29, 1.82) is 0 Å². The Balaban J connectivity index is 0.000000244. The lowest BCUT2D eigenvalue weighted by Crippen LogP contribution is -2.02. The zero-order chi connectivity index (χ0) is 32.2. The lowest BCUT2D eigenvalue weighted by molar-refractivity contribution is -0.137. The molecule has 0 aromatic heterocycles. The van der Waals surface area contributed by atoms with Gasteiger partial charge < -0.3 is 18.9 Å². The van der Waals surface area contributed by atoms with Crippen LogP contribution in [0, 0.1) is 13.8 Å². The zero-order valence-electron chi connectivity index (χ0n) is 26.0. The van der Waals surface area contributed by atoms with Crippen LogP contribution in [0.2, 0.25) is 0 Å². The number of rotatable bonds is 13. The molecule has 4 aromatic rings. The van der Waals surface area contributed by atoms with Crippen molar-refractivity contribution in [3.63, 3.8) is 0 Å². The molecule has 0 spiro atoms. The van der Waals surface area contributed by atoms with Gasteiger partial charge in [0.2, 0.25) is 0 Å². The molecular formula is C37H42O7. The van der Waals surface area contributed by atoms with Crippen LogP contribution in [0.15, 0.2) is 91.5 Å². The molecule has 7 heteroatoms. The molecule has 0 radical (unpaired) electrons. The molecule has 0 saturated carbocycles. The molecule has 0 heterocycles. The summed E-state index contributed by atoms with van der Waals surface area (Å²) in [6.45, 7) is 8.54. The number of carbonyl (C=O) groups is 3. The summed E-state index contributed by atoms with van der Waals surface area (Å²) >= 11 is 0. The van der Waals surface area contributed by atoms with Crippen LogP contribution < -0.4 is 14.2 Å². The summed E-state index contributed by atoms with van der Waals surface area (Å²) in [5, 5.41) is 2.13. The first-order valence-corrected chi connectivity index (χ1v) is 14.4. The van der Waals surface area contributed by atoms with E-state index in [0.717, 1.165) is 66.3 Å². The van der Waals surface area contributed by atoms with Crippen molar-refractivity contribution in [1.82, 2.24) is 0 Å². The van der Waals surface area contributed by atoms with Crippen LogP contribution in [0.3, 0.4) is 0 Å². The lowest BCUT2D eigenvalue weighted by Gasteiger charge is -2.06. The highest BCUT2D eigenvalue weighted by molar-refractivity contribution is 5.89. The van der Waals surface area contributed by atoms with Gasteiger partial charge >= 0.3 is 5.97 Å². The number of aldehydes is 2. The Morgan fingerprint density at radius 3 is 1.91 bits per heavy atom.